The molecule has 0 bridgehead atoms. The Labute approximate surface area is 136 Å². The molecule has 1 N–H and O–H groups in total. The number of nitrogens with one attached hydrogen (secondary N) is 1. The smallest absolute Gasteiger partial charge is 0.0867 e. The molecule has 0 unspecified atom stereocenters. The topological polar surface area (TPSA) is 18.5 Å². The number of hydrogen-bond donors (Lipinski definition) is 1. The number of hydrogen-bond acceptors (Lipinski definition) is 3. The van der Waals surface area contributed by atoms with Crippen molar-refractivity contribution >= 4 is 34.1 Å². The van der Waals surface area contributed by atoms with Gasteiger partial charge in [0, 0.05) is 19.8 Å². The maximum absolute atomic E-state index is 3.61. The Morgan fingerprint density at radius 1 is 0.739 bits per heavy atom. The van der Waals surface area contributed by atoms with Gasteiger partial charge >= 0.3 is 0 Å². The highest BCUT2D eigenvalue weighted by molar-refractivity contribution is 6.01. The number of para-hydroxylation sites is 4. The number of benzene rings is 3. The summed E-state index contributed by atoms with van der Waals surface area (Å²) in [5, 5.41) is 3.61. The highest BCUT2D eigenvalue weighted by Crippen LogP contribution is 2.50. The quantitative estimate of drug-likeness (QED) is 0.543. The summed E-state index contributed by atoms with van der Waals surface area (Å²) < 4.78 is 0. The van der Waals surface area contributed by atoms with Gasteiger partial charge in [-0.05, 0) is 36.4 Å². The van der Waals surface area contributed by atoms with Gasteiger partial charge in [-0.3, -0.25) is 0 Å². The van der Waals surface area contributed by atoms with Crippen molar-refractivity contribution in [2.45, 2.75) is 0 Å². The molecule has 0 spiro atoms. The van der Waals surface area contributed by atoms with Crippen LogP contribution in [-0.4, -0.2) is 14.1 Å². The van der Waals surface area contributed by atoms with E-state index in [1.807, 2.05) is 0 Å². The molecule has 3 heteroatoms. The SMILES string of the molecule is CN(C)c1cccc2c1Nc1ccccc1N2c1ccccc1. The van der Waals surface area contributed by atoms with Crippen molar-refractivity contribution in [1.29, 1.82) is 0 Å². The summed E-state index contributed by atoms with van der Waals surface area (Å²) >= 11 is 0. The molecule has 1 heterocycles. The van der Waals surface area contributed by atoms with Crippen LogP contribution >= 0.6 is 0 Å². The van der Waals surface area contributed by atoms with Crippen LogP contribution in [0.2, 0.25) is 0 Å². The van der Waals surface area contributed by atoms with Crippen LogP contribution in [0, 0.1) is 0 Å². The molecule has 0 fully saturated rings. The third-order valence-corrected chi connectivity index (χ3v) is 4.16. The third-order valence-electron chi connectivity index (χ3n) is 4.16. The second kappa shape index (κ2) is 5.36. The lowest BCUT2D eigenvalue weighted by Crippen LogP contribution is -2.20. The van der Waals surface area contributed by atoms with E-state index in [2.05, 4.69) is 102 Å². The van der Waals surface area contributed by atoms with Gasteiger partial charge in [0.05, 0.1) is 28.4 Å². The summed E-state index contributed by atoms with van der Waals surface area (Å²) in [4.78, 5) is 4.46. The third kappa shape index (κ3) is 2.21. The van der Waals surface area contributed by atoms with Crippen molar-refractivity contribution < 1.29 is 0 Å². The first-order valence-corrected chi connectivity index (χ1v) is 7.77. The molecule has 3 aromatic carbocycles. The van der Waals surface area contributed by atoms with Gasteiger partial charge < -0.3 is 15.1 Å². The van der Waals surface area contributed by atoms with E-state index >= 15 is 0 Å². The van der Waals surface area contributed by atoms with Crippen molar-refractivity contribution in [3.05, 3.63) is 72.8 Å². The largest absolute Gasteiger partial charge is 0.376 e. The highest BCUT2D eigenvalue weighted by Gasteiger charge is 2.25. The Bertz CT molecular complexity index is 841. The molecule has 0 saturated carbocycles. The molecule has 114 valence electrons. The monoisotopic (exact) mass is 301 g/mol. The molecule has 1 aliphatic heterocycles. The predicted molar refractivity (Wildman–Crippen MR) is 98.7 cm³/mol. The minimum Gasteiger partial charge on any atom is -0.376 e. The van der Waals surface area contributed by atoms with Gasteiger partial charge in [0.25, 0.3) is 0 Å². The van der Waals surface area contributed by atoms with Gasteiger partial charge in [0.2, 0.25) is 0 Å². The Balaban J connectivity index is 1.98. The lowest BCUT2D eigenvalue weighted by molar-refractivity contribution is 1.12. The average molecular weight is 301 g/mol. The van der Waals surface area contributed by atoms with Crippen LogP contribution < -0.4 is 15.1 Å². The first kappa shape index (κ1) is 13.7. The van der Waals surface area contributed by atoms with Gasteiger partial charge in [-0.1, -0.05) is 36.4 Å². The van der Waals surface area contributed by atoms with Gasteiger partial charge in [-0.15, -0.1) is 0 Å². The van der Waals surface area contributed by atoms with Crippen molar-refractivity contribution in [3.8, 4) is 0 Å². The molecule has 0 saturated heterocycles. The maximum Gasteiger partial charge on any atom is 0.0867 e. The zero-order valence-corrected chi connectivity index (χ0v) is 13.3. The molecule has 23 heavy (non-hydrogen) atoms. The Morgan fingerprint density at radius 2 is 1.43 bits per heavy atom. The van der Waals surface area contributed by atoms with E-state index in [0.29, 0.717) is 0 Å². The first-order chi connectivity index (χ1) is 11.3. The minimum absolute atomic E-state index is 1.12. The van der Waals surface area contributed by atoms with Crippen LogP contribution in [0.5, 0.6) is 0 Å². The van der Waals surface area contributed by atoms with Gasteiger partial charge in [0.1, 0.15) is 0 Å². The lowest BCUT2D eigenvalue weighted by atomic mass is 10.1. The van der Waals surface area contributed by atoms with Gasteiger partial charge in [-0.2, -0.15) is 0 Å². The Hall–Kier alpha value is -2.94. The normalized spacial score (nSPS) is 12.2. The number of nitrogens with zero attached hydrogens (tertiary/aromatic N) is 2. The van der Waals surface area contributed by atoms with Crippen molar-refractivity contribution in [2.75, 3.05) is 29.2 Å². The van der Waals surface area contributed by atoms with Crippen LogP contribution in [0.4, 0.5) is 34.1 Å². The van der Waals surface area contributed by atoms with Crippen LogP contribution in [0.25, 0.3) is 0 Å². The predicted octanol–water partition coefficient (Wildman–Crippen LogP) is 5.28. The molecular formula is C20H19N3. The molecule has 3 aromatic rings. The maximum atomic E-state index is 3.61. The van der Waals surface area contributed by atoms with Crippen LogP contribution in [0.1, 0.15) is 0 Å². The summed E-state index contributed by atoms with van der Waals surface area (Å²) in [5.41, 5.74) is 6.94. The van der Waals surface area contributed by atoms with E-state index in [-0.39, 0.29) is 0 Å². The molecule has 0 radical (unpaired) electrons. The minimum atomic E-state index is 1.12. The summed E-state index contributed by atoms with van der Waals surface area (Å²) in [5.74, 6) is 0. The summed E-state index contributed by atoms with van der Waals surface area (Å²) in [6.07, 6.45) is 0. The molecular weight excluding hydrogens is 282 g/mol. The molecule has 0 amide bonds. The van der Waals surface area contributed by atoms with E-state index in [1.54, 1.807) is 0 Å². The molecule has 0 atom stereocenters. The van der Waals surface area contributed by atoms with Crippen LogP contribution in [-0.2, 0) is 0 Å². The number of rotatable bonds is 2. The standard InChI is InChI=1S/C20H19N3/c1-22(2)18-13-8-14-19-20(18)21-16-11-6-7-12-17(16)23(19)15-9-4-3-5-10-15/h3-14,21H,1-2H3. The van der Waals surface area contributed by atoms with Crippen molar-refractivity contribution in [1.82, 2.24) is 0 Å². The van der Waals surface area contributed by atoms with E-state index in [1.165, 1.54) is 22.7 Å². The zero-order valence-electron chi connectivity index (χ0n) is 13.3. The van der Waals surface area contributed by atoms with E-state index < -0.39 is 0 Å². The van der Waals surface area contributed by atoms with E-state index in [0.717, 1.165) is 11.4 Å². The van der Waals surface area contributed by atoms with Crippen molar-refractivity contribution in [2.24, 2.45) is 0 Å². The van der Waals surface area contributed by atoms with Crippen molar-refractivity contribution in [3.63, 3.8) is 0 Å². The molecule has 0 aromatic heterocycles. The van der Waals surface area contributed by atoms with Gasteiger partial charge in [0.15, 0.2) is 0 Å². The zero-order chi connectivity index (χ0) is 15.8. The fourth-order valence-corrected chi connectivity index (χ4v) is 3.11. The van der Waals surface area contributed by atoms with Crippen LogP contribution in [0.3, 0.4) is 0 Å². The summed E-state index contributed by atoms with van der Waals surface area (Å²) in [6, 6.07) is 25.3. The second-order valence-corrected chi connectivity index (χ2v) is 5.88. The fraction of sp³-hybridized carbons (Fsp3) is 0.100. The van der Waals surface area contributed by atoms with Crippen LogP contribution in [0.15, 0.2) is 72.8 Å². The molecule has 4 rings (SSSR count). The molecule has 0 aliphatic carbocycles. The van der Waals surface area contributed by atoms with E-state index in [9.17, 15) is 0 Å². The highest BCUT2D eigenvalue weighted by atomic mass is 15.2. The lowest BCUT2D eigenvalue weighted by Gasteiger charge is -2.35. The molecule has 1 aliphatic rings. The van der Waals surface area contributed by atoms with E-state index in [4.69, 9.17) is 0 Å². The number of fused-ring (bicyclic) bond motifs is 2. The Morgan fingerprint density at radius 3 is 2.22 bits per heavy atom. The average Bonchev–Trinajstić information content (AvgIpc) is 2.59. The number of anilines is 6. The summed E-state index contributed by atoms with van der Waals surface area (Å²) in [6.45, 7) is 0. The van der Waals surface area contributed by atoms with Gasteiger partial charge in [-0.25, -0.2) is 0 Å². The Kier molecular flexibility index (Phi) is 3.19. The second-order valence-electron chi connectivity index (χ2n) is 5.88. The fourth-order valence-electron chi connectivity index (χ4n) is 3.11. The summed E-state index contributed by atoms with van der Waals surface area (Å²) in [7, 11) is 4.15. The first-order valence-electron chi connectivity index (χ1n) is 7.77. The molecule has 3 nitrogen and oxygen atoms in total.